The fourth-order valence-corrected chi connectivity index (χ4v) is 4.42. The highest BCUT2D eigenvalue weighted by atomic mass is 19.1. The number of fused-ring (bicyclic) bond motifs is 1. The molecule has 2 aromatic rings. The second-order valence-corrected chi connectivity index (χ2v) is 7.87. The number of benzene rings is 1. The van der Waals surface area contributed by atoms with Crippen LogP contribution in [0, 0.1) is 18.7 Å². The highest BCUT2D eigenvalue weighted by Crippen LogP contribution is 2.43. The summed E-state index contributed by atoms with van der Waals surface area (Å²) in [4.78, 5) is 26.0. The first-order chi connectivity index (χ1) is 13.2. The molecule has 1 aromatic carbocycles. The number of alkyl halides is 1. The zero-order chi connectivity index (χ0) is 20.3. The van der Waals surface area contributed by atoms with E-state index in [2.05, 4.69) is 0 Å². The Bertz CT molecular complexity index is 1040. The summed E-state index contributed by atoms with van der Waals surface area (Å²) in [6.07, 6.45) is 1.21. The third kappa shape index (κ3) is 2.78. The molecule has 28 heavy (non-hydrogen) atoms. The Hall–Kier alpha value is -2.48. The predicted molar refractivity (Wildman–Crippen MR) is 102 cm³/mol. The van der Waals surface area contributed by atoms with E-state index in [9.17, 15) is 19.1 Å². The number of hydrogen-bond donors (Lipinski definition) is 2. The number of hydrogen-bond acceptors (Lipinski definition) is 4. The zero-order valence-corrected chi connectivity index (χ0v) is 15.8. The van der Waals surface area contributed by atoms with E-state index in [1.54, 1.807) is 6.92 Å². The first-order valence-corrected chi connectivity index (χ1v) is 9.50. The summed E-state index contributed by atoms with van der Waals surface area (Å²) in [5, 5.41) is 9.31. The third-order valence-electron chi connectivity index (χ3n) is 6.08. The van der Waals surface area contributed by atoms with Gasteiger partial charge in [-0.05, 0) is 24.5 Å². The van der Waals surface area contributed by atoms with E-state index >= 15 is 4.39 Å². The van der Waals surface area contributed by atoms with Crippen molar-refractivity contribution in [1.29, 1.82) is 0 Å². The quantitative estimate of drug-likeness (QED) is 0.836. The van der Waals surface area contributed by atoms with Gasteiger partial charge in [-0.25, -0.2) is 13.6 Å². The van der Waals surface area contributed by atoms with Crippen LogP contribution in [0.25, 0.3) is 10.9 Å². The van der Waals surface area contributed by atoms with Gasteiger partial charge < -0.3 is 20.3 Å². The number of nitrogens with zero attached hydrogens (tertiary/aromatic N) is 2. The topological polar surface area (TPSA) is 88.6 Å². The highest BCUT2D eigenvalue weighted by molar-refractivity contribution is 5.95. The van der Waals surface area contributed by atoms with Crippen molar-refractivity contribution in [3.05, 3.63) is 39.4 Å². The van der Waals surface area contributed by atoms with Crippen LogP contribution < -0.4 is 16.1 Å². The predicted octanol–water partition coefficient (Wildman–Crippen LogP) is 2.60. The Morgan fingerprint density at radius 1 is 1.39 bits per heavy atom. The number of carbonyl (C=O) groups is 1. The van der Waals surface area contributed by atoms with Crippen molar-refractivity contribution in [2.75, 3.05) is 18.0 Å². The van der Waals surface area contributed by atoms with E-state index in [0.717, 1.165) is 12.5 Å². The van der Waals surface area contributed by atoms with Crippen LogP contribution in [0.15, 0.2) is 17.1 Å². The zero-order valence-electron chi connectivity index (χ0n) is 15.8. The molecule has 6 nitrogen and oxygen atoms in total. The molecule has 4 rings (SSSR count). The second kappa shape index (κ2) is 6.55. The summed E-state index contributed by atoms with van der Waals surface area (Å²) >= 11 is 0. The third-order valence-corrected chi connectivity index (χ3v) is 6.08. The van der Waals surface area contributed by atoms with Gasteiger partial charge in [0.15, 0.2) is 0 Å². The van der Waals surface area contributed by atoms with Crippen LogP contribution in [0.2, 0.25) is 0 Å². The fourth-order valence-electron chi connectivity index (χ4n) is 4.42. The van der Waals surface area contributed by atoms with Gasteiger partial charge in [0, 0.05) is 37.1 Å². The van der Waals surface area contributed by atoms with E-state index in [1.807, 2.05) is 11.8 Å². The van der Waals surface area contributed by atoms with Crippen molar-refractivity contribution in [2.45, 2.75) is 44.9 Å². The highest BCUT2D eigenvalue weighted by Gasteiger charge is 2.41. The van der Waals surface area contributed by atoms with Gasteiger partial charge in [0.2, 0.25) is 5.43 Å². The number of aryl methyl sites for hydroxylation is 1. The van der Waals surface area contributed by atoms with E-state index in [-0.39, 0.29) is 23.8 Å². The van der Waals surface area contributed by atoms with Crippen LogP contribution in [0.3, 0.4) is 0 Å². The van der Waals surface area contributed by atoms with Gasteiger partial charge in [-0.2, -0.15) is 0 Å². The molecule has 0 spiro atoms. The minimum Gasteiger partial charge on any atom is -0.477 e. The Morgan fingerprint density at radius 3 is 2.61 bits per heavy atom. The first-order valence-electron chi connectivity index (χ1n) is 9.50. The molecule has 0 amide bonds. The van der Waals surface area contributed by atoms with Crippen molar-refractivity contribution in [1.82, 2.24) is 4.57 Å². The Labute approximate surface area is 160 Å². The normalized spacial score (nSPS) is 26.8. The molecule has 1 saturated carbocycles. The van der Waals surface area contributed by atoms with Crippen LogP contribution in [-0.4, -0.2) is 40.9 Å². The number of carboxylic acids is 1. The van der Waals surface area contributed by atoms with Gasteiger partial charge in [0.05, 0.1) is 17.2 Å². The minimum absolute atomic E-state index is 0.0340. The van der Waals surface area contributed by atoms with Gasteiger partial charge in [-0.3, -0.25) is 4.79 Å². The van der Waals surface area contributed by atoms with Crippen LogP contribution >= 0.6 is 0 Å². The minimum atomic E-state index is -1.41. The molecule has 1 aromatic heterocycles. The maximum Gasteiger partial charge on any atom is 0.341 e. The lowest BCUT2D eigenvalue weighted by Crippen LogP contribution is -2.30. The van der Waals surface area contributed by atoms with E-state index < -0.39 is 35.0 Å². The SMILES string of the molecule is CC[C@H]1CN(c2c(F)cc3c(=O)c(C(=O)O)cn([C@@H]4C[C@@H]4F)c3c2C)C[C@H]1N. The average Bonchev–Trinajstić information content (AvgIpc) is 3.24. The van der Waals surface area contributed by atoms with Gasteiger partial charge in [-0.15, -0.1) is 0 Å². The summed E-state index contributed by atoms with van der Waals surface area (Å²) in [7, 11) is 0. The van der Waals surface area contributed by atoms with E-state index in [4.69, 9.17) is 5.73 Å². The molecular formula is C20H23F2N3O3. The summed E-state index contributed by atoms with van der Waals surface area (Å²) < 4.78 is 30.4. The Balaban J connectivity index is 1.97. The number of rotatable bonds is 4. The van der Waals surface area contributed by atoms with Crippen LogP contribution in [0.1, 0.15) is 41.7 Å². The van der Waals surface area contributed by atoms with E-state index in [1.165, 1.54) is 10.8 Å². The maximum atomic E-state index is 15.1. The van der Waals surface area contributed by atoms with Crippen LogP contribution in [0.5, 0.6) is 0 Å². The molecule has 1 saturated heterocycles. The number of halogens is 2. The average molecular weight is 391 g/mol. The molecule has 2 heterocycles. The Morgan fingerprint density at radius 2 is 2.07 bits per heavy atom. The number of carboxylic acid groups (broad SMARTS) is 1. The molecule has 1 aliphatic heterocycles. The molecule has 8 heteroatoms. The van der Waals surface area contributed by atoms with Gasteiger partial charge in [0.1, 0.15) is 17.6 Å². The smallest absolute Gasteiger partial charge is 0.341 e. The molecule has 2 aliphatic rings. The van der Waals surface area contributed by atoms with E-state index in [0.29, 0.717) is 29.9 Å². The molecule has 0 radical (unpaired) electrons. The van der Waals surface area contributed by atoms with Crippen molar-refractivity contribution < 1.29 is 18.7 Å². The fraction of sp³-hybridized carbons (Fsp3) is 0.500. The lowest BCUT2D eigenvalue weighted by atomic mass is 10.0. The largest absolute Gasteiger partial charge is 0.477 e. The first kappa shape index (κ1) is 18.9. The molecule has 4 atom stereocenters. The molecule has 150 valence electrons. The van der Waals surface area contributed by atoms with Gasteiger partial charge >= 0.3 is 5.97 Å². The molecule has 3 N–H and O–H groups in total. The summed E-state index contributed by atoms with van der Waals surface area (Å²) in [6.45, 7) is 4.83. The number of aromatic nitrogens is 1. The van der Waals surface area contributed by atoms with Crippen LogP contribution in [0.4, 0.5) is 14.5 Å². The second-order valence-electron chi connectivity index (χ2n) is 7.87. The molecule has 1 aliphatic carbocycles. The summed E-state index contributed by atoms with van der Waals surface area (Å²) in [6, 6.07) is 0.473. The maximum absolute atomic E-state index is 15.1. The van der Waals surface area contributed by atoms with Crippen LogP contribution in [-0.2, 0) is 0 Å². The van der Waals surface area contributed by atoms with Gasteiger partial charge in [0.25, 0.3) is 0 Å². The van der Waals surface area contributed by atoms with Crippen molar-refractivity contribution >= 4 is 22.6 Å². The van der Waals surface area contributed by atoms with Crippen molar-refractivity contribution in [2.24, 2.45) is 11.7 Å². The number of nitrogens with two attached hydrogens (primary N) is 1. The summed E-state index contributed by atoms with van der Waals surface area (Å²) in [5.74, 6) is -1.76. The molecular weight excluding hydrogens is 368 g/mol. The molecule has 0 unspecified atom stereocenters. The molecule has 2 fully saturated rings. The lowest BCUT2D eigenvalue weighted by Gasteiger charge is -2.24. The van der Waals surface area contributed by atoms with Crippen molar-refractivity contribution in [3.8, 4) is 0 Å². The Kier molecular flexibility index (Phi) is 4.41. The van der Waals surface area contributed by atoms with Gasteiger partial charge in [-0.1, -0.05) is 13.3 Å². The molecule has 0 bridgehead atoms. The number of anilines is 1. The standard InChI is InChI=1S/C20H23F2N3O3/c1-3-10-6-24(8-15(10)23)18-9(2)17-11(4-14(18)22)19(26)12(20(27)28)7-25(17)16-5-13(16)21/h4,7,10,13,15-16H,3,5-6,8,23H2,1-2H3,(H,27,28)/t10-,13-,15+,16+/m0/s1. The van der Waals surface area contributed by atoms with Crippen molar-refractivity contribution in [3.63, 3.8) is 0 Å². The lowest BCUT2D eigenvalue weighted by molar-refractivity contribution is 0.0694. The monoisotopic (exact) mass is 391 g/mol. The number of aromatic carboxylic acids is 1. The number of pyridine rings is 1. The summed E-state index contributed by atoms with van der Waals surface area (Å²) in [5.41, 5.74) is 6.20.